The molecule has 3 nitrogen and oxygen atoms in total. The van der Waals surface area contributed by atoms with Gasteiger partial charge in [0.2, 0.25) is 0 Å². The van der Waals surface area contributed by atoms with Crippen LogP contribution >= 0.6 is 0 Å². The molecule has 0 atom stereocenters. The summed E-state index contributed by atoms with van der Waals surface area (Å²) >= 11 is 0. The third-order valence-electron chi connectivity index (χ3n) is 4.31. The van der Waals surface area contributed by atoms with E-state index in [-0.39, 0.29) is 18.0 Å². The molecule has 1 heterocycles. The molecule has 0 saturated carbocycles. The highest BCUT2D eigenvalue weighted by Crippen LogP contribution is 2.60. The maximum atomic E-state index is 13.8. The zero-order valence-corrected chi connectivity index (χ0v) is 14.3. The number of carbonyl (C=O) groups excluding carboxylic acids is 1. The van der Waals surface area contributed by atoms with Crippen molar-refractivity contribution in [3.8, 4) is 0 Å². The molecule has 0 N–H and O–H groups in total. The van der Waals surface area contributed by atoms with Crippen molar-refractivity contribution in [2.45, 2.75) is 42.7 Å². The molecule has 0 unspecified atom stereocenters. The van der Waals surface area contributed by atoms with Crippen molar-refractivity contribution in [2.75, 3.05) is 32.7 Å². The van der Waals surface area contributed by atoms with Gasteiger partial charge in [-0.1, -0.05) is 6.92 Å². The number of piperazine rings is 1. The number of alkyl halides is 13. The van der Waals surface area contributed by atoms with Crippen LogP contribution in [0.1, 0.15) is 6.92 Å². The van der Waals surface area contributed by atoms with Crippen LogP contribution in [-0.4, -0.2) is 84.2 Å². The Bertz CT molecular complexity index is 608. The molecule has 0 aromatic carbocycles. The van der Waals surface area contributed by atoms with Gasteiger partial charge in [-0.25, -0.2) is 0 Å². The number of hydrogen-bond acceptors (Lipinski definition) is 2. The topological polar surface area (TPSA) is 23.6 Å². The van der Waals surface area contributed by atoms with E-state index in [0.29, 0.717) is 6.54 Å². The van der Waals surface area contributed by atoms with Gasteiger partial charge in [-0.3, -0.25) is 4.79 Å². The van der Waals surface area contributed by atoms with Crippen molar-refractivity contribution in [3.63, 3.8) is 0 Å². The van der Waals surface area contributed by atoms with Gasteiger partial charge in [-0.2, -0.15) is 57.1 Å². The van der Waals surface area contributed by atoms with Gasteiger partial charge < -0.3 is 9.80 Å². The average Bonchev–Trinajstić information content (AvgIpc) is 2.59. The quantitative estimate of drug-likeness (QED) is 0.562. The first kappa shape index (κ1) is 25.6. The lowest BCUT2D eigenvalue weighted by atomic mass is 9.93. The molecule has 0 spiro atoms. The van der Waals surface area contributed by atoms with E-state index in [1.807, 2.05) is 0 Å². The minimum absolute atomic E-state index is 0.101. The third-order valence-corrected chi connectivity index (χ3v) is 4.31. The van der Waals surface area contributed by atoms with E-state index in [4.69, 9.17) is 0 Å². The minimum Gasteiger partial charge on any atom is -0.335 e. The first-order valence-corrected chi connectivity index (χ1v) is 7.67. The molecule has 1 rings (SSSR count). The van der Waals surface area contributed by atoms with Crippen molar-refractivity contribution in [1.82, 2.24) is 9.80 Å². The Morgan fingerprint density at radius 1 is 0.655 bits per heavy atom. The molecular weight excluding hydrogens is 447 g/mol. The Morgan fingerprint density at radius 3 is 1.38 bits per heavy atom. The van der Waals surface area contributed by atoms with E-state index < -0.39 is 54.8 Å². The molecule has 0 radical (unpaired) electrons. The number of carbonyl (C=O) groups is 1. The van der Waals surface area contributed by atoms with E-state index in [9.17, 15) is 61.9 Å². The van der Waals surface area contributed by atoms with E-state index in [1.165, 1.54) is 4.90 Å². The Kier molecular flexibility index (Phi) is 6.47. The van der Waals surface area contributed by atoms with Crippen LogP contribution in [0.5, 0.6) is 0 Å². The summed E-state index contributed by atoms with van der Waals surface area (Å²) in [5.41, 5.74) is 0. The SMILES string of the molecule is CCN1CCN(C(=O)C(F)(F)C(F)(F)C(F)(F)C(F)(F)C(F)(F)C(F)(F)F)CC1. The monoisotopic (exact) mass is 460 g/mol. The second kappa shape index (κ2) is 7.34. The molecular formula is C13H13F13N2O. The smallest absolute Gasteiger partial charge is 0.335 e. The van der Waals surface area contributed by atoms with E-state index >= 15 is 0 Å². The van der Waals surface area contributed by atoms with Gasteiger partial charge in [0.05, 0.1) is 0 Å². The molecule has 16 heteroatoms. The normalized spacial score (nSPS) is 18.9. The van der Waals surface area contributed by atoms with E-state index in [0.717, 1.165) is 0 Å². The number of amides is 1. The molecule has 29 heavy (non-hydrogen) atoms. The number of rotatable bonds is 6. The molecule has 1 aliphatic rings. The summed E-state index contributed by atoms with van der Waals surface area (Å²) in [6.07, 6.45) is -7.48. The van der Waals surface area contributed by atoms with E-state index in [2.05, 4.69) is 0 Å². The number of likely N-dealkylation sites (N-methyl/N-ethyl adjacent to an activating group) is 1. The molecule has 0 aromatic rings. The van der Waals surface area contributed by atoms with Gasteiger partial charge in [-0.15, -0.1) is 0 Å². The number of halogens is 13. The lowest BCUT2D eigenvalue weighted by Crippen LogP contribution is -2.72. The summed E-state index contributed by atoms with van der Waals surface area (Å²) < 4.78 is 169. The fourth-order valence-corrected chi connectivity index (χ4v) is 2.37. The van der Waals surface area contributed by atoms with Gasteiger partial charge >= 0.3 is 35.8 Å². The van der Waals surface area contributed by atoms with Crippen LogP contribution in [0, 0.1) is 0 Å². The Hall–Kier alpha value is -1.48. The van der Waals surface area contributed by atoms with Crippen molar-refractivity contribution < 1.29 is 61.9 Å². The van der Waals surface area contributed by atoms with Crippen LogP contribution < -0.4 is 0 Å². The maximum Gasteiger partial charge on any atom is 0.460 e. The fourth-order valence-electron chi connectivity index (χ4n) is 2.37. The largest absolute Gasteiger partial charge is 0.460 e. The lowest BCUT2D eigenvalue weighted by Gasteiger charge is -2.41. The first-order chi connectivity index (χ1) is 12.7. The second-order valence-electron chi connectivity index (χ2n) is 6.10. The predicted molar refractivity (Wildman–Crippen MR) is 69.5 cm³/mol. The standard InChI is InChI=1S/C13H13F13N2O/c1-2-27-3-5-28(6-4-27)7(29)8(14,15)9(16,17)10(18,19)11(20,21)12(22,23)13(24,25)26/h2-6H2,1H3. The van der Waals surface area contributed by atoms with Gasteiger partial charge in [-0.05, 0) is 6.54 Å². The Balaban J connectivity index is 3.30. The predicted octanol–water partition coefficient (Wildman–Crippen LogP) is 3.89. The lowest BCUT2D eigenvalue weighted by molar-refractivity contribution is -0.436. The molecule has 1 amide bonds. The Morgan fingerprint density at radius 2 is 1.03 bits per heavy atom. The highest BCUT2D eigenvalue weighted by atomic mass is 19.4. The third kappa shape index (κ3) is 3.71. The van der Waals surface area contributed by atoms with E-state index in [1.54, 1.807) is 6.92 Å². The fraction of sp³-hybridized carbons (Fsp3) is 0.923. The highest BCUT2D eigenvalue weighted by Gasteiger charge is 2.91. The van der Waals surface area contributed by atoms with Crippen molar-refractivity contribution in [3.05, 3.63) is 0 Å². The summed E-state index contributed by atoms with van der Waals surface area (Å²) in [4.78, 5) is 13.0. The minimum atomic E-state index is -8.01. The summed E-state index contributed by atoms with van der Waals surface area (Å²) in [6, 6.07) is 0. The summed E-state index contributed by atoms with van der Waals surface area (Å²) in [7, 11) is 0. The Labute approximate surface area is 154 Å². The molecule has 0 aliphatic carbocycles. The second-order valence-corrected chi connectivity index (χ2v) is 6.10. The van der Waals surface area contributed by atoms with Crippen LogP contribution in [0.15, 0.2) is 0 Å². The summed E-state index contributed by atoms with van der Waals surface area (Å²) in [5.74, 6) is -41.2. The van der Waals surface area contributed by atoms with Gasteiger partial charge in [0, 0.05) is 26.2 Å². The zero-order chi connectivity index (χ0) is 23.3. The number of hydrogen-bond donors (Lipinski definition) is 0. The summed E-state index contributed by atoms with van der Waals surface area (Å²) in [6.45, 7) is 0.0817. The first-order valence-electron chi connectivity index (χ1n) is 7.67. The number of nitrogens with zero attached hydrogens (tertiary/aromatic N) is 2. The molecule has 0 bridgehead atoms. The van der Waals surface area contributed by atoms with Gasteiger partial charge in [0.25, 0.3) is 5.91 Å². The van der Waals surface area contributed by atoms with Crippen LogP contribution in [0.2, 0.25) is 0 Å². The van der Waals surface area contributed by atoms with Crippen molar-refractivity contribution in [2.24, 2.45) is 0 Å². The molecule has 1 aliphatic heterocycles. The molecule has 0 aromatic heterocycles. The van der Waals surface area contributed by atoms with Gasteiger partial charge in [0.15, 0.2) is 0 Å². The van der Waals surface area contributed by atoms with Crippen LogP contribution in [-0.2, 0) is 4.79 Å². The average molecular weight is 460 g/mol. The van der Waals surface area contributed by atoms with Crippen LogP contribution in [0.4, 0.5) is 57.1 Å². The van der Waals surface area contributed by atoms with Crippen molar-refractivity contribution >= 4 is 5.91 Å². The van der Waals surface area contributed by atoms with Crippen LogP contribution in [0.25, 0.3) is 0 Å². The molecule has 1 saturated heterocycles. The zero-order valence-electron chi connectivity index (χ0n) is 14.3. The maximum absolute atomic E-state index is 13.8. The summed E-state index contributed by atoms with van der Waals surface area (Å²) in [5, 5.41) is 0. The van der Waals surface area contributed by atoms with Gasteiger partial charge in [0.1, 0.15) is 0 Å². The van der Waals surface area contributed by atoms with Crippen molar-refractivity contribution in [1.29, 1.82) is 0 Å². The van der Waals surface area contributed by atoms with Crippen LogP contribution in [0.3, 0.4) is 0 Å². The molecule has 172 valence electrons. The molecule has 1 fully saturated rings. The highest BCUT2D eigenvalue weighted by molar-refractivity contribution is 5.85.